The molecule has 5 heterocycles. The van der Waals surface area contributed by atoms with Gasteiger partial charge in [-0.2, -0.15) is 4.98 Å². The molecule has 0 unspecified atom stereocenters. The van der Waals surface area contributed by atoms with Crippen LogP contribution in [-0.2, 0) is 17.6 Å². The molecule has 9 nitrogen and oxygen atoms in total. The molecular weight excluding hydrogens is 450 g/mol. The first-order valence-electron chi connectivity index (χ1n) is 12.3. The predicted molar refractivity (Wildman–Crippen MR) is 133 cm³/mol. The van der Waals surface area contributed by atoms with Gasteiger partial charge in [-0.25, -0.2) is 15.0 Å². The molecule has 0 bridgehead atoms. The second kappa shape index (κ2) is 8.66. The summed E-state index contributed by atoms with van der Waals surface area (Å²) in [5, 5.41) is 13.4. The zero-order chi connectivity index (χ0) is 23.3. The lowest BCUT2D eigenvalue weighted by Crippen LogP contribution is -2.49. The van der Waals surface area contributed by atoms with Crippen molar-refractivity contribution >= 4 is 34.2 Å². The van der Waals surface area contributed by atoms with Crippen LogP contribution in [0.2, 0.25) is 0 Å². The Morgan fingerprint density at radius 3 is 2.62 bits per heavy atom. The molecular formula is C24H31N7O2S. The van der Waals surface area contributed by atoms with Crippen molar-refractivity contribution < 1.29 is 9.66 Å². The van der Waals surface area contributed by atoms with Crippen molar-refractivity contribution in [2.45, 2.75) is 61.9 Å². The first kappa shape index (κ1) is 22.1. The fraction of sp³-hybridized carbons (Fsp3) is 0.583. The number of rotatable bonds is 6. The van der Waals surface area contributed by atoms with E-state index in [4.69, 9.17) is 9.97 Å². The molecule has 180 valence electrons. The van der Waals surface area contributed by atoms with Crippen LogP contribution >= 0.6 is 0 Å². The first-order chi connectivity index (χ1) is 16.5. The number of fused-ring (bicyclic) bond motifs is 1. The van der Waals surface area contributed by atoms with Crippen molar-refractivity contribution in [3.05, 3.63) is 30.0 Å². The maximum Gasteiger partial charge on any atom is 0.228 e. The van der Waals surface area contributed by atoms with Crippen molar-refractivity contribution in [1.29, 1.82) is 0 Å². The Hall–Kier alpha value is -2.43. The summed E-state index contributed by atoms with van der Waals surface area (Å²) in [5.74, 6) is 2.66. The molecule has 2 aromatic rings. The third-order valence-corrected chi connectivity index (χ3v) is 9.12. The highest BCUT2D eigenvalue weighted by Gasteiger charge is 2.41. The summed E-state index contributed by atoms with van der Waals surface area (Å²) >= 11 is -1.10. The summed E-state index contributed by atoms with van der Waals surface area (Å²) in [6, 6.07) is 0.173. The minimum atomic E-state index is -1.10. The number of aliphatic hydroxyl groups excluding tert-OH is 1. The Kier molecular flexibility index (Phi) is 5.62. The number of nitrogens with zero attached hydrogens (tertiary/aromatic N) is 6. The summed E-state index contributed by atoms with van der Waals surface area (Å²) in [6.07, 6.45) is 11.6. The molecule has 34 heavy (non-hydrogen) atoms. The summed E-state index contributed by atoms with van der Waals surface area (Å²) in [5.41, 5.74) is 2.75. The van der Waals surface area contributed by atoms with E-state index in [0.29, 0.717) is 30.5 Å². The van der Waals surface area contributed by atoms with Crippen LogP contribution in [0, 0.1) is 0 Å². The van der Waals surface area contributed by atoms with Gasteiger partial charge in [0.25, 0.3) is 0 Å². The van der Waals surface area contributed by atoms with Crippen LogP contribution in [0.15, 0.2) is 23.4 Å². The van der Waals surface area contributed by atoms with E-state index in [2.05, 4.69) is 38.1 Å². The number of aliphatic hydroxyl groups is 1. The van der Waals surface area contributed by atoms with Crippen molar-refractivity contribution in [1.82, 2.24) is 19.9 Å². The zero-order valence-corrected chi connectivity index (χ0v) is 20.4. The maximum atomic E-state index is 12.7. The highest BCUT2D eigenvalue weighted by Crippen LogP contribution is 2.40. The van der Waals surface area contributed by atoms with E-state index in [-0.39, 0.29) is 18.2 Å². The Balaban J connectivity index is 1.25. The molecule has 3 aliphatic heterocycles. The molecule has 0 amide bonds. The average Bonchev–Trinajstić information content (AvgIpc) is 3.16. The smallest absolute Gasteiger partial charge is 0.228 e. The van der Waals surface area contributed by atoms with Gasteiger partial charge in [-0.1, -0.05) is 6.08 Å². The minimum Gasteiger partial charge on any atom is -0.611 e. The molecule has 2 aromatic heterocycles. The van der Waals surface area contributed by atoms with Gasteiger partial charge in [0.2, 0.25) is 10.8 Å². The van der Waals surface area contributed by atoms with Crippen LogP contribution < -0.4 is 15.1 Å². The van der Waals surface area contributed by atoms with Gasteiger partial charge in [0.1, 0.15) is 11.4 Å². The third-order valence-electron chi connectivity index (χ3n) is 7.66. The van der Waals surface area contributed by atoms with Gasteiger partial charge in [-0.15, -0.1) is 0 Å². The molecule has 6 rings (SSSR count). The van der Waals surface area contributed by atoms with Gasteiger partial charge >= 0.3 is 0 Å². The Bertz CT molecular complexity index is 1100. The zero-order valence-electron chi connectivity index (χ0n) is 19.5. The van der Waals surface area contributed by atoms with Crippen molar-refractivity contribution in [3.63, 3.8) is 0 Å². The summed E-state index contributed by atoms with van der Waals surface area (Å²) in [4.78, 5) is 24.2. The van der Waals surface area contributed by atoms with Gasteiger partial charge in [0.15, 0.2) is 11.6 Å². The number of hydrogen-bond donors (Lipinski definition) is 2. The molecule has 4 aliphatic rings. The van der Waals surface area contributed by atoms with E-state index < -0.39 is 11.2 Å². The highest BCUT2D eigenvalue weighted by atomic mass is 32.2. The topological polar surface area (TPSA) is 113 Å². The molecule has 2 atom stereocenters. The van der Waals surface area contributed by atoms with E-state index >= 15 is 0 Å². The molecule has 0 aromatic carbocycles. The number of nitrogens with one attached hydrogen (secondary N) is 1. The van der Waals surface area contributed by atoms with E-state index in [1.165, 1.54) is 6.42 Å². The molecule has 0 radical (unpaired) electrons. The standard InChI is InChI=1S/C24H31N7O2S/c1-16-12-17(21-25-13-18(14-26-21)30-8-3-9-30)4-10-31(16)23-27-19-5-11-34(33)20(19)22(28-23)29-24(15-32)6-2-7-24/h4,13-14,16,32H,2-3,5-12,15H2,1H3,(H,27,28,29)/t16-,34+/m0/s1. The lowest BCUT2D eigenvalue weighted by molar-refractivity contribution is 0.143. The fourth-order valence-electron chi connectivity index (χ4n) is 5.16. The average molecular weight is 482 g/mol. The van der Waals surface area contributed by atoms with Gasteiger partial charge in [0, 0.05) is 32.1 Å². The second-order valence-electron chi connectivity index (χ2n) is 9.91. The van der Waals surface area contributed by atoms with Crippen LogP contribution in [0.4, 0.5) is 17.5 Å². The fourth-order valence-corrected chi connectivity index (χ4v) is 6.47. The van der Waals surface area contributed by atoms with E-state index in [9.17, 15) is 9.66 Å². The second-order valence-corrected chi connectivity index (χ2v) is 11.4. The van der Waals surface area contributed by atoms with E-state index in [1.54, 1.807) is 0 Å². The molecule has 2 N–H and O–H groups in total. The lowest BCUT2D eigenvalue weighted by atomic mass is 9.77. The lowest BCUT2D eigenvalue weighted by Gasteiger charge is -2.41. The quantitative estimate of drug-likeness (QED) is 0.599. The summed E-state index contributed by atoms with van der Waals surface area (Å²) < 4.78 is 12.7. The summed E-state index contributed by atoms with van der Waals surface area (Å²) in [7, 11) is 0. The minimum absolute atomic E-state index is 0.0521. The Morgan fingerprint density at radius 2 is 2.00 bits per heavy atom. The SMILES string of the molecule is C[C@H]1CC(c2ncc(N3CCC3)cn2)=CCN1c1nc2c(c(NC3(CO)CCC3)n1)[S@+]([O-])CC2. The van der Waals surface area contributed by atoms with Crippen LogP contribution in [-0.4, -0.2) is 73.2 Å². The van der Waals surface area contributed by atoms with Crippen LogP contribution in [0.1, 0.15) is 50.5 Å². The van der Waals surface area contributed by atoms with Gasteiger partial charge < -0.3 is 24.8 Å². The molecule has 1 aliphatic carbocycles. The molecule has 0 spiro atoms. The van der Waals surface area contributed by atoms with Gasteiger partial charge in [-0.3, -0.25) is 0 Å². The number of hydrogen-bond acceptors (Lipinski definition) is 9. The number of anilines is 3. The van der Waals surface area contributed by atoms with Crippen molar-refractivity contribution in [2.24, 2.45) is 0 Å². The maximum absolute atomic E-state index is 12.7. The Morgan fingerprint density at radius 1 is 1.21 bits per heavy atom. The first-order valence-corrected chi connectivity index (χ1v) is 13.6. The molecule has 1 saturated carbocycles. The monoisotopic (exact) mass is 481 g/mol. The molecule has 2 fully saturated rings. The normalized spacial score (nSPS) is 25.3. The summed E-state index contributed by atoms with van der Waals surface area (Å²) in [6.45, 7) is 5.06. The molecule has 10 heteroatoms. The number of aryl methyl sites for hydroxylation is 1. The number of aromatic nitrogens is 4. The van der Waals surface area contributed by atoms with Crippen molar-refractivity contribution in [2.75, 3.05) is 47.1 Å². The third kappa shape index (κ3) is 3.81. The highest BCUT2D eigenvalue weighted by molar-refractivity contribution is 7.91. The van der Waals surface area contributed by atoms with E-state index in [1.807, 2.05) is 12.4 Å². The Labute approximate surface area is 202 Å². The van der Waals surface area contributed by atoms with Gasteiger partial charge in [-0.05, 0) is 55.8 Å². The van der Waals surface area contributed by atoms with Crippen molar-refractivity contribution in [3.8, 4) is 0 Å². The van der Waals surface area contributed by atoms with Crippen LogP contribution in [0.5, 0.6) is 0 Å². The molecule has 1 saturated heterocycles. The van der Waals surface area contributed by atoms with Crippen LogP contribution in [0.25, 0.3) is 5.57 Å². The van der Waals surface area contributed by atoms with E-state index in [0.717, 1.165) is 66.4 Å². The largest absolute Gasteiger partial charge is 0.611 e. The van der Waals surface area contributed by atoms with Crippen LogP contribution in [0.3, 0.4) is 0 Å². The van der Waals surface area contributed by atoms with Gasteiger partial charge in [0.05, 0.1) is 30.2 Å². The predicted octanol–water partition coefficient (Wildman–Crippen LogP) is 2.15.